The Morgan fingerprint density at radius 3 is 1.59 bits per heavy atom. The van der Waals surface area contributed by atoms with Crippen molar-refractivity contribution in [3.63, 3.8) is 0 Å². The molecule has 0 aromatic rings. The molecule has 3 atom stereocenters. The summed E-state index contributed by atoms with van der Waals surface area (Å²) in [6.07, 6.45) is -1.28. The van der Waals surface area contributed by atoms with Gasteiger partial charge in [-0.15, -0.1) is 0 Å². The van der Waals surface area contributed by atoms with E-state index in [1.54, 1.807) is 27.7 Å². The fourth-order valence-corrected chi connectivity index (χ4v) is 4.38. The van der Waals surface area contributed by atoms with E-state index in [4.69, 9.17) is 4.55 Å². The number of hydrogen-bond donors (Lipinski definition) is 3. The van der Waals surface area contributed by atoms with Crippen molar-refractivity contribution in [3.05, 3.63) is 0 Å². The van der Waals surface area contributed by atoms with Crippen molar-refractivity contribution in [1.82, 2.24) is 0 Å². The van der Waals surface area contributed by atoms with E-state index in [2.05, 4.69) is 4.74 Å². The maximum Gasteiger partial charge on any atom is 0.405 e. The molecule has 1 fully saturated rings. The molecule has 0 bridgehead atoms. The number of halogens is 2. The first-order chi connectivity index (χ1) is 12.2. The molecule has 0 spiro atoms. The van der Waals surface area contributed by atoms with E-state index in [0.717, 1.165) is 0 Å². The van der Waals surface area contributed by atoms with Gasteiger partial charge in [-0.25, -0.2) is 0 Å². The molecule has 1 aliphatic carbocycles. The number of alkyl halides is 2. The van der Waals surface area contributed by atoms with Gasteiger partial charge in [-0.1, -0.05) is 27.7 Å². The molecule has 3 unspecified atom stereocenters. The Morgan fingerprint density at radius 2 is 1.33 bits per heavy atom. The minimum atomic E-state index is -5.76. The van der Waals surface area contributed by atoms with Gasteiger partial charge in [0.2, 0.25) is 0 Å². The van der Waals surface area contributed by atoms with Crippen LogP contribution in [0, 0.1) is 17.8 Å². The molecule has 0 amide bonds. The zero-order valence-electron chi connectivity index (χ0n) is 16.3. The molecule has 1 rings (SSSR count). The largest absolute Gasteiger partial charge is 0.455 e. The lowest BCUT2D eigenvalue weighted by Crippen LogP contribution is -2.42. The minimum absolute atomic E-state index is 0.286. The second kappa shape index (κ2) is 7.88. The molecule has 0 radical (unpaired) electrons. The molecule has 1 saturated carbocycles. The molecule has 0 heterocycles. The number of carbonyl (C=O) groups is 1. The first-order valence-corrected chi connectivity index (χ1v) is 10.6. The fraction of sp³-hybridized carbons (Fsp3) is 0.941. The van der Waals surface area contributed by atoms with Gasteiger partial charge in [0, 0.05) is 11.8 Å². The molecular weight excluding hydrogens is 386 g/mol. The maximum atomic E-state index is 13.7. The van der Waals surface area contributed by atoms with Crippen molar-refractivity contribution in [2.24, 2.45) is 17.8 Å². The second-order valence-corrected chi connectivity index (χ2v) is 8.81. The number of rotatable bonds is 10. The molecule has 0 aromatic carbocycles. The lowest BCUT2D eigenvalue weighted by atomic mass is 9.84. The van der Waals surface area contributed by atoms with E-state index < -0.39 is 56.4 Å². The van der Waals surface area contributed by atoms with Gasteiger partial charge in [0.25, 0.3) is 0 Å². The van der Waals surface area contributed by atoms with Gasteiger partial charge >= 0.3 is 21.3 Å². The maximum absolute atomic E-state index is 13.7. The summed E-state index contributed by atoms with van der Waals surface area (Å²) in [4.78, 5) is 12.5. The Morgan fingerprint density at radius 1 is 1.00 bits per heavy atom. The van der Waals surface area contributed by atoms with Gasteiger partial charge in [-0.05, 0) is 32.6 Å². The molecular formula is C17H30F2O7S. The second-order valence-electron chi connectivity index (χ2n) is 7.31. The average molecular weight is 416 g/mol. The van der Waals surface area contributed by atoms with Crippen LogP contribution in [0.4, 0.5) is 8.78 Å². The summed E-state index contributed by atoms with van der Waals surface area (Å²) in [5.41, 5.74) is -2.58. The summed E-state index contributed by atoms with van der Waals surface area (Å²) in [7, 11) is -5.76. The average Bonchev–Trinajstić information content (AvgIpc) is 3.36. The summed E-state index contributed by atoms with van der Waals surface area (Å²) >= 11 is 0. The van der Waals surface area contributed by atoms with Gasteiger partial charge < -0.3 is 14.9 Å². The Hall–Kier alpha value is -0.840. The van der Waals surface area contributed by atoms with E-state index in [-0.39, 0.29) is 25.7 Å². The van der Waals surface area contributed by atoms with Crippen LogP contribution in [0.1, 0.15) is 60.3 Å². The Labute approximate surface area is 158 Å². The zero-order valence-corrected chi connectivity index (χ0v) is 17.1. The Bertz CT molecular complexity index is 618. The smallest absolute Gasteiger partial charge is 0.405 e. The Balaban J connectivity index is 3.15. The predicted octanol–water partition coefficient (Wildman–Crippen LogP) is 2.36. The van der Waals surface area contributed by atoms with Crippen LogP contribution >= 0.6 is 0 Å². The van der Waals surface area contributed by atoms with Gasteiger partial charge in [-0.2, -0.15) is 17.2 Å². The van der Waals surface area contributed by atoms with Crippen LogP contribution in [0.2, 0.25) is 0 Å². The summed E-state index contributed by atoms with van der Waals surface area (Å²) in [6, 6.07) is 0. The van der Waals surface area contributed by atoms with Crippen molar-refractivity contribution in [2.75, 3.05) is 0 Å². The highest BCUT2D eigenvalue weighted by molar-refractivity contribution is 7.86. The third-order valence-corrected chi connectivity index (χ3v) is 7.11. The molecule has 7 nitrogen and oxygen atoms in total. The van der Waals surface area contributed by atoms with E-state index in [0.29, 0.717) is 6.92 Å². The highest BCUT2D eigenvalue weighted by Gasteiger charge is 2.69. The van der Waals surface area contributed by atoms with Crippen molar-refractivity contribution in [3.8, 4) is 0 Å². The van der Waals surface area contributed by atoms with Crippen molar-refractivity contribution in [2.45, 2.75) is 82.9 Å². The minimum Gasteiger partial charge on any atom is -0.455 e. The summed E-state index contributed by atoms with van der Waals surface area (Å²) in [5, 5.41) is 17.0. The fourth-order valence-electron chi connectivity index (χ4n) is 3.92. The van der Waals surface area contributed by atoms with Crippen molar-refractivity contribution >= 4 is 16.1 Å². The zero-order chi connectivity index (χ0) is 21.4. The third kappa shape index (κ3) is 4.28. The lowest BCUT2D eigenvalue weighted by Gasteiger charge is -2.30. The molecule has 10 heteroatoms. The normalized spacial score (nSPS) is 25.2. The van der Waals surface area contributed by atoms with Gasteiger partial charge in [0.1, 0.15) is 0 Å². The lowest BCUT2D eigenvalue weighted by molar-refractivity contribution is -0.163. The molecule has 0 aliphatic heterocycles. The summed E-state index contributed by atoms with van der Waals surface area (Å²) in [6.45, 7) is 7.52. The molecule has 160 valence electrons. The van der Waals surface area contributed by atoms with Crippen LogP contribution in [0.25, 0.3) is 0 Å². The van der Waals surface area contributed by atoms with Gasteiger partial charge in [-0.3, -0.25) is 9.35 Å². The van der Waals surface area contributed by atoms with E-state index in [1.165, 1.54) is 0 Å². The highest BCUT2D eigenvalue weighted by atomic mass is 32.2. The molecule has 1 aliphatic rings. The quantitative estimate of drug-likeness (QED) is 0.369. The number of carbonyl (C=O) groups excluding carboxylic acids is 1. The van der Waals surface area contributed by atoms with Crippen LogP contribution in [0.5, 0.6) is 0 Å². The topological polar surface area (TPSA) is 121 Å². The monoisotopic (exact) mass is 416 g/mol. The van der Waals surface area contributed by atoms with Crippen molar-refractivity contribution in [1.29, 1.82) is 0 Å². The third-order valence-electron chi connectivity index (χ3n) is 6.09. The standard InChI is InChI=1S/C17H30F2O7S/c1-6-15(21,7-2)12-11(13(12)16(22,8-3)9-4)14(20)26-10(5)17(18,19)27(23,24)25/h10-13,21-22H,6-9H2,1-5H3,(H,23,24,25). The SMILES string of the molecule is CCC(O)(CC)C1C(C(=O)OC(C)C(F)(F)S(=O)(=O)O)C1C(O)(CC)CC. The van der Waals surface area contributed by atoms with E-state index in [9.17, 15) is 32.2 Å². The summed E-state index contributed by atoms with van der Waals surface area (Å²) in [5.74, 6) is -3.56. The molecule has 0 aromatic heterocycles. The molecule has 0 saturated heterocycles. The van der Waals surface area contributed by atoms with Gasteiger partial charge in [0.15, 0.2) is 6.10 Å². The Kier molecular flexibility index (Phi) is 7.07. The van der Waals surface area contributed by atoms with Crippen LogP contribution in [0.3, 0.4) is 0 Å². The molecule has 3 N–H and O–H groups in total. The number of esters is 1. The van der Waals surface area contributed by atoms with E-state index >= 15 is 0 Å². The number of hydrogen-bond acceptors (Lipinski definition) is 6. The van der Waals surface area contributed by atoms with Crippen LogP contribution in [-0.4, -0.2) is 51.7 Å². The molecule has 27 heavy (non-hydrogen) atoms. The van der Waals surface area contributed by atoms with Gasteiger partial charge in [0.05, 0.1) is 17.1 Å². The van der Waals surface area contributed by atoms with E-state index in [1.807, 2.05) is 0 Å². The van der Waals surface area contributed by atoms with Crippen LogP contribution < -0.4 is 0 Å². The number of ether oxygens (including phenoxy) is 1. The summed E-state index contributed by atoms with van der Waals surface area (Å²) < 4.78 is 62.3. The predicted molar refractivity (Wildman–Crippen MR) is 93.6 cm³/mol. The van der Waals surface area contributed by atoms with Crippen molar-refractivity contribution < 1.29 is 41.5 Å². The highest BCUT2D eigenvalue weighted by Crippen LogP contribution is 2.61. The van der Waals surface area contributed by atoms with Crippen LogP contribution in [0.15, 0.2) is 0 Å². The first-order valence-electron chi connectivity index (χ1n) is 9.16. The first kappa shape index (κ1) is 24.2. The number of aliphatic hydroxyl groups is 2. The van der Waals surface area contributed by atoms with Crippen LogP contribution in [-0.2, 0) is 19.6 Å².